The van der Waals surface area contributed by atoms with Crippen LogP contribution in [0.25, 0.3) is 5.69 Å². The molecule has 2 aromatic carbocycles. The Kier molecular flexibility index (Phi) is 6.94. The molecule has 0 bridgehead atoms. The first-order valence-corrected chi connectivity index (χ1v) is 9.73. The molecule has 0 aliphatic rings. The highest BCUT2D eigenvalue weighted by atomic mass is 19.4. The van der Waals surface area contributed by atoms with Crippen LogP contribution in [-0.2, 0) is 6.18 Å². The van der Waals surface area contributed by atoms with Gasteiger partial charge < -0.3 is 10.2 Å². The van der Waals surface area contributed by atoms with Gasteiger partial charge in [0.15, 0.2) is 5.69 Å². The van der Waals surface area contributed by atoms with E-state index in [0.29, 0.717) is 11.1 Å². The summed E-state index contributed by atoms with van der Waals surface area (Å²) in [4.78, 5) is 14.5. The normalized spacial score (nSPS) is 11.4. The van der Waals surface area contributed by atoms with E-state index in [-0.39, 0.29) is 12.2 Å². The van der Waals surface area contributed by atoms with Gasteiger partial charge in [0.1, 0.15) is 5.82 Å². The average Bonchev–Trinajstić information content (AvgIpc) is 3.20. The van der Waals surface area contributed by atoms with Crippen molar-refractivity contribution in [2.45, 2.75) is 19.0 Å². The summed E-state index contributed by atoms with van der Waals surface area (Å²) >= 11 is 0. The number of carbonyl (C=O) groups excluding carboxylic acids is 1. The molecule has 164 valence electrons. The molecule has 3 aromatic rings. The van der Waals surface area contributed by atoms with Crippen molar-refractivity contribution in [2.24, 2.45) is 0 Å². The van der Waals surface area contributed by atoms with Crippen molar-refractivity contribution in [3.05, 3.63) is 77.9 Å². The predicted molar refractivity (Wildman–Crippen MR) is 110 cm³/mol. The highest BCUT2D eigenvalue weighted by Gasteiger charge is 2.40. The van der Waals surface area contributed by atoms with Gasteiger partial charge in [-0.15, -0.1) is 0 Å². The molecule has 0 saturated heterocycles. The van der Waals surface area contributed by atoms with Gasteiger partial charge >= 0.3 is 6.18 Å². The molecule has 5 nitrogen and oxygen atoms in total. The fraction of sp³-hybridized carbons (Fsp3) is 0.273. The number of halogens is 4. The minimum absolute atomic E-state index is 0.0109. The molecule has 0 spiro atoms. The van der Waals surface area contributed by atoms with Crippen LogP contribution in [-0.4, -0.2) is 35.8 Å². The minimum atomic E-state index is -4.81. The molecule has 0 aliphatic carbocycles. The number of para-hydroxylation sites is 1. The van der Waals surface area contributed by atoms with Crippen LogP contribution in [0.15, 0.2) is 60.8 Å². The number of nitrogens with one attached hydrogen (secondary N) is 1. The van der Waals surface area contributed by atoms with Gasteiger partial charge in [-0.1, -0.05) is 18.2 Å². The summed E-state index contributed by atoms with van der Waals surface area (Å²) in [6.07, 6.45) is -2.57. The number of hydrogen-bond acceptors (Lipinski definition) is 3. The van der Waals surface area contributed by atoms with Crippen molar-refractivity contribution in [1.29, 1.82) is 0 Å². The quantitative estimate of drug-likeness (QED) is 0.414. The Morgan fingerprint density at radius 1 is 1.06 bits per heavy atom. The number of carbonyl (C=O) groups is 1. The second-order valence-electron chi connectivity index (χ2n) is 7.01. The number of alkyl halides is 3. The Bertz CT molecular complexity index is 1000. The minimum Gasteiger partial charge on any atom is -0.375 e. The van der Waals surface area contributed by atoms with Crippen molar-refractivity contribution >= 4 is 11.6 Å². The Morgan fingerprint density at radius 2 is 1.74 bits per heavy atom. The van der Waals surface area contributed by atoms with E-state index in [1.807, 2.05) is 37.4 Å². The number of amides is 1. The monoisotopic (exact) mass is 434 g/mol. The highest BCUT2D eigenvalue weighted by molar-refractivity contribution is 5.95. The maximum atomic E-state index is 13.6. The SMILES string of the molecule is CN(CCCCNC(=O)c1cnn(-c2ccc(F)cc2)c1C(F)(F)F)c1ccccc1. The summed E-state index contributed by atoms with van der Waals surface area (Å²) in [6, 6.07) is 14.2. The fourth-order valence-corrected chi connectivity index (χ4v) is 3.15. The van der Waals surface area contributed by atoms with Crippen LogP contribution in [0.5, 0.6) is 0 Å². The molecular weight excluding hydrogens is 412 g/mol. The van der Waals surface area contributed by atoms with Crippen molar-refractivity contribution < 1.29 is 22.4 Å². The molecule has 1 aromatic heterocycles. The average molecular weight is 434 g/mol. The Balaban J connectivity index is 1.60. The van der Waals surface area contributed by atoms with E-state index in [1.54, 1.807) is 0 Å². The summed E-state index contributed by atoms with van der Waals surface area (Å²) in [5.41, 5.74) is -0.690. The Labute approximate surface area is 177 Å². The summed E-state index contributed by atoms with van der Waals surface area (Å²) in [5.74, 6) is -1.43. The smallest absolute Gasteiger partial charge is 0.375 e. The zero-order valence-corrected chi connectivity index (χ0v) is 16.9. The molecule has 1 amide bonds. The number of hydrogen-bond donors (Lipinski definition) is 1. The lowest BCUT2D eigenvalue weighted by atomic mass is 10.2. The van der Waals surface area contributed by atoms with Gasteiger partial charge in [0.2, 0.25) is 0 Å². The van der Waals surface area contributed by atoms with Gasteiger partial charge in [-0.3, -0.25) is 4.79 Å². The van der Waals surface area contributed by atoms with Crippen LogP contribution in [0.1, 0.15) is 28.9 Å². The van der Waals surface area contributed by atoms with Crippen LogP contribution in [0.3, 0.4) is 0 Å². The lowest BCUT2D eigenvalue weighted by molar-refractivity contribution is -0.143. The third-order valence-corrected chi connectivity index (χ3v) is 4.76. The molecule has 1 N–H and O–H groups in total. The molecule has 0 atom stereocenters. The highest BCUT2D eigenvalue weighted by Crippen LogP contribution is 2.33. The number of anilines is 1. The van der Waals surface area contributed by atoms with Gasteiger partial charge in [-0.05, 0) is 49.2 Å². The lowest BCUT2D eigenvalue weighted by Gasteiger charge is -2.19. The van der Waals surface area contributed by atoms with Crippen LogP contribution < -0.4 is 10.2 Å². The second kappa shape index (κ2) is 9.63. The predicted octanol–water partition coefficient (Wildman–Crippen LogP) is 4.68. The van der Waals surface area contributed by atoms with Crippen molar-refractivity contribution in [1.82, 2.24) is 15.1 Å². The molecular formula is C22H22F4N4O. The zero-order chi connectivity index (χ0) is 22.4. The zero-order valence-electron chi connectivity index (χ0n) is 16.9. The molecule has 0 saturated carbocycles. The Hall–Kier alpha value is -3.36. The number of rotatable bonds is 8. The van der Waals surface area contributed by atoms with Crippen LogP contribution in [0.2, 0.25) is 0 Å². The van der Waals surface area contributed by atoms with E-state index in [2.05, 4.69) is 15.3 Å². The summed E-state index contributed by atoms with van der Waals surface area (Å²) in [6.45, 7) is 0.983. The molecule has 0 aliphatic heterocycles. The topological polar surface area (TPSA) is 50.2 Å². The number of aromatic nitrogens is 2. The first kappa shape index (κ1) is 22.3. The number of unbranched alkanes of at least 4 members (excludes halogenated alkanes) is 1. The van der Waals surface area contributed by atoms with Crippen LogP contribution in [0.4, 0.5) is 23.2 Å². The summed E-state index contributed by atoms with van der Waals surface area (Å²) in [7, 11) is 1.95. The fourth-order valence-electron chi connectivity index (χ4n) is 3.15. The second-order valence-corrected chi connectivity index (χ2v) is 7.01. The van der Waals surface area contributed by atoms with E-state index in [1.165, 1.54) is 12.1 Å². The standard InChI is InChI=1S/C22H22F4N4O/c1-29(17-7-3-2-4-8-17)14-6-5-13-27-21(31)19-15-28-30(20(19)22(24,25)26)18-11-9-16(23)10-12-18/h2-4,7-12,15H,5-6,13-14H2,1H3,(H,27,31). The first-order valence-electron chi connectivity index (χ1n) is 9.73. The van der Waals surface area contributed by atoms with E-state index in [0.717, 1.165) is 37.0 Å². The van der Waals surface area contributed by atoms with Crippen LogP contribution >= 0.6 is 0 Å². The molecule has 9 heteroatoms. The third-order valence-electron chi connectivity index (χ3n) is 4.76. The van der Waals surface area contributed by atoms with Crippen molar-refractivity contribution in [3.63, 3.8) is 0 Å². The largest absolute Gasteiger partial charge is 0.434 e. The maximum Gasteiger partial charge on any atom is 0.434 e. The summed E-state index contributed by atoms with van der Waals surface area (Å²) < 4.78 is 54.6. The van der Waals surface area contributed by atoms with E-state index < -0.39 is 29.2 Å². The van der Waals surface area contributed by atoms with Crippen molar-refractivity contribution in [2.75, 3.05) is 25.0 Å². The van der Waals surface area contributed by atoms with E-state index in [4.69, 9.17) is 0 Å². The van der Waals surface area contributed by atoms with Crippen LogP contribution in [0, 0.1) is 5.82 Å². The van der Waals surface area contributed by atoms with E-state index in [9.17, 15) is 22.4 Å². The van der Waals surface area contributed by atoms with Gasteiger partial charge in [0.05, 0.1) is 17.4 Å². The molecule has 31 heavy (non-hydrogen) atoms. The summed E-state index contributed by atoms with van der Waals surface area (Å²) in [5, 5.41) is 6.24. The van der Waals surface area contributed by atoms with Gasteiger partial charge in [-0.2, -0.15) is 18.3 Å². The molecule has 3 rings (SSSR count). The van der Waals surface area contributed by atoms with Crippen molar-refractivity contribution in [3.8, 4) is 5.69 Å². The molecule has 0 fully saturated rings. The van der Waals surface area contributed by atoms with Gasteiger partial charge in [-0.25, -0.2) is 9.07 Å². The number of benzene rings is 2. The van der Waals surface area contributed by atoms with E-state index >= 15 is 0 Å². The van der Waals surface area contributed by atoms with Gasteiger partial charge in [0, 0.05) is 25.8 Å². The third kappa shape index (κ3) is 5.62. The molecule has 0 radical (unpaired) electrons. The maximum absolute atomic E-state index is 13.6. The molecule has 1 heterocycles. The van der Waals surface area contributed by atoms with Gasteiger partial charge in [0.25, 0.3) is 5.91 Å². The first-order chi connectivity index (χ1) is 14.8. The Morgan fingerprint density at radius 3 is 2.39 bits per heavy atom. The molecule has 0 unspecified atom stereocenters. The lowest BCUT2D eigenvalue weighted by Crippen LogP contribution is -2.28. The number of nitrogens with zero attached hydrogens (tertiary/aromatic N) is 3.